The highest BCUT2D eigenvalue weighted by atomic mass is 32.2. The van der Waals surface area contributed by atoms with Crippen LogP contribution in [0.25, 0.3) is 11.0 Å². The fourth-order valence-electron chi connectivity index (χ4n) is 1.53. The number of aromatic amines is 1. The molecule has 0 amide bonds. The van der Waals surface area contributed by atoms with Gasteiger partial charge in [0.15, 0.2) is 0 Å². The molecule has 0 saturated carbocycles. The summed E-state index contributed by atoms with van der Waals surface area (Å²) in [7, 11) is -1.09. The Hall–Kier alpha value is -1.27. The largest absolute Gasteiger partial charge is 0.242 e. The molecule has 2 rings (SSSR count). The fourth-order valence-corrected chi connectivity index (χ4v) is 2.34. The van der Waals surface area contributed by atoms with Crippen LogP contribution in [0.2, 0.25) is 0 Å². The molecule has 0 saturated heterocycles. The van der Waals surface area contributed by atoms with E-state index in [0.29, 0.717) is 0 Å². The molecule has 0 radical (unpaired) electrons. The number of H-pyrrole nitrogens is 1. The van der Waals surface area contributed by atoms with Crippen LogP contribution in [0.15, 0.2) is 18.2 Å². The van der Waals surface area contributed by atoms with Gasteiger partial charge in [0.05, 0.1) is 15.7 Å². The standard InChI is InChI=1S/C12H18N4OS/c1-8(15-18(17)12(2,3)4)9-5-6-10-11(7-9)14-16-13-10/h5-8,15H,1-4H3,(H,13,14,16). The molecule has 2 aromatic rings. The maximum absolute atomic E-state index is 12.0. The molecule has 98 valence electrons. The van der Waals surface area contributed by atoms with Crippen LogP contribution in [0, 0.1) is 0 Å². The highest BCUT2D eigenvalue weighted by Gasteiger charge is 2.21. The molecule has 0 fully saturated rings. The Morgan fingerprint density at radius 2 is 1.94 bits per heavy atom. The SMILES string of the molecule is CC(NS(=O)C(C)(C)C)c1ccc2n[nH]nc2c1. The molecule has 0 bridgehead atoms. The van der Waals surface area contributed by atoms with Gasteiger partial charge in [0.25, 0.3) is 0 Å². The van der Waals surface area contributed by atoms with Crippen LogP contribution in [0.3, 0.4) is 0 Å². The van der Waals surface area contributed by atoms with E-state index >= 15 is 0 Å². The molecule has 0 aliphatic carbocycles. The number of aromatic nitrogens is 3. The van der Waals surface area contributed by atoms with E-state index in [1.54, 1.807) is 0 Å². The molecule has 2 N–H and O–H groups in total. The first-order valence-electron chi connectivity index (χ1n) is 5.86. The lowest BCUT2D eigenvalue weighted by atomic mass is 10.1. The predicted molar refractivity (Wildman–Crippen MR) is 73.3 cm³/mol. The van der Waals surface area contributed by atoms with Gasteiger partial charge in [-0.2, -0.15) is 15.4 Å². The van der Waals surface area contributed by atoms with Crippen molar-refractivity contribution in [2.24, 2.45) is 0 Å². The van der Waals surface area contributed by atoms with E-state index in [1.807, 2.05) is 45.9 Å². The fraction of sp³-hybridized carbons (Fsp3) is 0.500. The molecule has 0 aliphatic rings. The summed E-state index contributed by atoms with van der Waals surface area (Å²) in [5.41, 5.74) is 2.71. The highest BCUT2D eigenvalue weighted by molar-refractivity contribution is 7.84. The zero-order chi connectivity index (χ0) is 13.3. The van der Waals surface area contributed by atoms with Gasteiger partial charge in [-0.25, -0.2) is 8.93 Å². The van der Waals surface area contributed by atoms with E-state index in [4.69, 9.17) is 0 Å². The normalized spacial score (nSPS) is 15.8. The van der Waals surface area contributed by atoms with Crippen LogP contribution in [0.4, 0.5) is 0 Å². The molecule has 0 spiro atoms. The third kappa shape index (κ3) is 2.76. The van der Waals surface area contributed by atoms with Crippen LogP contribution in [0.1, 0.15) is 39.3 Å². The molecule has 1 heterocycles. The topological polar surface area (TPSA) is 70.7 Å². The summed E-state index contributed by atoms with van der Waals surface area (Å²) < 4.78 is 14.9. The van der Waals surface area contributed by atoms with Crippen molar-refractivity contribution in [3.8, 4) is 0 Å². The molecular formula is C12H18N4OS. The van der Waals surface area contributed by atoms with E-state index in [-0.39, 0.29) is 10.8 Å². The van der Waals surface area contributed by atoms with Crippen molar-refractivity contribution in [2.45, 2.75) is 38.5 Å². The summed E-state index contributed by atoms with van der Waals surface area (Å²) in [5.74, 6) is 0. The first kappa shape index (κ1) is 13.2. The van der Waals surface area contributed by atoms with Crippen LogP contribution >= 0.6 is 0 Å². The molecule has 6 heteroatoms. The number of nitrogens with one attached hydrogen (secondary N) is 2. The molecule has 1 aromatic carbocycles. The predicted octanol–water partition coefficient (Wildman–Crippen LogP) is 2.07. The molecule has 2 atom stereocenters. The van der Waals surface area contributed by atoms with Crippen molar-refractivity contribution in [3.63, 3.8) is 0 Å². The molecule has 0 aliphatic heterocycles. The molecule has 18 heavy (non-hydrogen) atoms. The van der Waals surface area contributed by atoms with E-state index in [2.05, 4.69) is 20.1 Å². The lowest BCUT2D eigenvalue weighted by molar-refractivity contribution is 0.616. The highest BCUT2D eigenvalue weighted by Crippen LogP contribution is 2.19. The van der Waals surface area contributed by atoms with Crippen molar-refractivity contribution in [1.29, 1.82) is 0 Å². The minimum atomic E-state index is -1.09. The van der Waals surface area contributed by atoms with Crippen molar-refractivity contribution in [2.75, 3.05) is 0 Å². The molecule has 2 unspecified atom stereocenters. The quantitative estimate of drug-likeness (QED) is 0.893. The van der Waals surface area contributed by atoms with E-state index in [9.17, 15) is 4.21 Å². The molecule has 1 aromatic heterocycles. The van der Waals surface area contributed by atoms with Crippen molar-refractivity contribution in [3.05, 3.63) is 23.8 Å². The van der Waals surface area contributed by atoms with Gasteiger partial charge in [-0.15, -0.1) is 0 Å². The number of benzene rings is 1. The van der Waals surface area contributed by atoms with Gasteiger partial charge in [0.1, 0.15) is 11.0 Å². The van der Waals surface area contributed by atoms with Crippen LogP contribution < -0.4 is 4.72 Å². The Labute approximate surface area is 109 Å². The van der Waals surface area contributed by atoms with Crippen LogP contribution in [0.5, 0.6) is 0 Å². The Balaban J connectivity index is 2.18. The lowest BCUT2D eigenvalue weighted by Crippen LogP contribution is -2.34. The second-order valence-corrected chi connectivity index (χ2v) is 7.29. The van der Waals surface area contributed by atoms with Gasteiger partial charge in [-0.1, -0.05) is 6.07 Å². The minimum Gasteiger partial charge on any atom is -0.242 e. The summed E-state index contributed by atoms with van der Waals surface area (Å²) >= 11 is 0. The Kier molecular flexibility index (Phi) is 3.49. The summed E-state index contributed by atoms with van der Waals surface area (Å²) in [6.45, 7) is 7.84. The van der Waals surface area contributed by atoms with Crippen molar-refractivity contribution >= 4 is 22.0 Å². The van der Waals surface area contributed by atoms with Gasteiger partial charge < -0.3 is 0 Å². The maximum atomic E-state index is 12.0. The third-order valence-corrected chi connectivity index (χ3v) is 4.36. The number of rotatable bonds is 3. The van der Waals surface area contributed by atoms with Gasteiger partial charge in [0, 0.05) is 6.04 Å². The van der Waals surface area contributed by atoms with Gasteiger partial charge in [-0.3, -0.25) is 0 Å². The number of hydrogen-bond acceptors (Lipinski definition) is 3. The second kappa shape index (κ2) is 4.78. The first-order valence-corrected chi connectivity index (χ1v) is 7.01. The summed E-state index contributed by atoms with van der Waals surface area (Å²) in [5, 5.41) is 10.6. The Morgan fingerprint density at radius 3 is 2.61 bits per heavy atom. The van der Waals surface area contributed by atoms with Crippen molar-refractivity contribution < 1.29 is 4.21 Å². The number of fused-ring (bicyclic) bond motifs is 1. The third-order valence-electron chi connectivity index (χ3n) is 2.68. The number of nitrogens with zero attached hydrogens (tertiary/aromatic N) is 2. The van der Waals surface area contributed by atoms with E-state index in [0.717, 1.165) is 16.6 Å². The average Bonchev–Trinajstić information content (AvgIpc) is 2.74. The Bertz CT molecular complexity index is 573. The molecule has 5 nitrogen and oxygen atoms in total. The smallest absolute Gasteiger partial charge is 0.113 e. The molecular weight excluding hydrogens is 248 g/mol. The maximum Gasteiger partial charge on any atom is 0.113 e. The van der Waals surface area contributed by atoms with Crippen molar-refractivity contribution in [1.82, 2.24) is 20.1 Å². The van der Waals surface area contributed by atoms with Gasteiger partial charge >= 0.3 is 0 Å². The average molecular weight is 266 g/mol. The van der Waals surface area contributed by atoms with Crippen LogP contribution in [-0.2, 0) is 11.0 Å². The Morgan fingerprint density at radius 1 is 1.28 bits per heavy atom. The van der Waals surface area contributed by atoms with Gasteiger partial charge in [-0.05, 0) is 45.4 Å². The van der Waals surface area contributed by atoms with E-state index in [1.165, 1.54) is 0 Å². The zero-order valence-electron chi connectivity index (χ0n) is 11.0. The second-order valence-electron chi connectivity index (χ2n) is 5.29. The zero-order valence-corrected chi connectivity index (χ0v) is 11.8. The summed E-state index contributed by atoms with van der Waals surface area (Å²) in [4.78, 5) is 0. The monoisotopic (exact) mass is 266 g/mol. The van der Waals surface area contributed by atoms with E-state index < -0.39 is 11.0 Å². The lowest BCUT2D eigenvalue weighted by Gasteiger charge is -2.22. The first-order chi connectivity index (χ1) is 8.38. The summed E-state index contributed by atoms with van der Waals surface area (Å²) in [6, 6.07) is 5.84. The van der Waals surface area contributed by atoms with Gasteiger partial charge in [0.2, 0.25) is 0 Å². The summed E-state index contributed by atoms with van der Waals surface area (Å²) in [6.07, 6.45) is 0. The number of hydrogen-bond donors (Lipinski definition) is 2. The minimum absolute atomic E-state index is 0.00570. The van der Waals surface area contributed by atoms with Crippen LogP contribution in [-0.4, -0.2) is 24.4 Å².